The van der Waals surface area contributed by atoms with E-state index in [1.54, 1.807) is 17.0 Å². The molecule has 0 spiro atoms. The summed E-state index contributed by atoms with van der Waals surface area (Å²) in [6.45, 7) is 6.83. The molecular weight excluding hydrogens is 339 g/mol. The molecule has 3 nitrogen and oxygen atoms in total. The summed E-state index contributed by atoms with van der Waals surface area (Å²) in [5, 5.41) is 1.19. The van der Waals surface area contributed by atoms with Gasteiger partial charge in [-0.2, -0.15) is 0 Å². The van der Waals surface area contributed by atoms with Crippen LogP contribution in [0.2, 0.25) is 0 Å². The summed E-state index contributed by atoms with van der Waals surface area (Å²) in [4.78, 5) is 18.7. The maximum Gasteiger partial charge on any atom is 0.233 e. The maximum absolute atomic E-state index is 13.5. The molecule has 1 amide bonds. The first-order chi connectivity index (χ1) is 12.8. The van der Waals surface area contributed by atoms with Crippen molar-refractivity contribution in [2.24, 2.45) is 5.41 Å². The molecule has 1 aliphatic rings. The van der Waals surface area contributed by atoms with Crippen LogP contribution in [0.3, 0.4) is 0 Å². The number of nitrogens with zero attached hydrogens (tertiary/aromatic N) is 1. The van der Waals surface area contributed by atoms with Crippen LogP contribution in [0.15, 0.2) is 48.5 Å². The predicted molar refractivity (Wildman–Crippen MR) is 106 cm³/mol. The standard InChI is InChI=1S/C23H25FN2O/c1-15-18-7-5-6-8-19(18)25-20(15)13-26(4)21(27)23(14-22(23,2)3)16-9-11-17(24)12-10-16/h5-12,25H,13-14H2,1-4H3. The SMILES string of the molecule is Cc1c(CN(C)C(=O)C2(c3ccc(F)cc3)CC2(C)C)[nH]c2ccccc12. The minimum atomic E-state index is -0.574. The van der Waals surface area contributed by atoms with Gasteiger partial charge in [0.1, 0.15) is 5.82 Å². The third-order valence-corrected chi connectivity index (χ3v) is 6.25. The molecule has 1 atom stereocenters. The molecule has 4 heteroatoms. The number of hydrogen-bond acceptors (Lipinski definition) is 1. The Kier molecular flexibility index (Phi) is 3.91. The van der Waals surface area contributed by atoms with E-state index in [1.807, 2.05) is 19.2 Å². The Balaban J connectivity index is 1.64. The van der Waals surface area contributed by atoms with Crippen molar-refractivity contribution < 1.29 is 9.18 Å². The number of carbonyl (C=O) groups is 1. The van der Waals surface area contributed by atoms with Gasteiger partial charge in [0.25, 0.3) is 0 Å². The highest BCUT2D eigenvalue weighted by Gasteiger charge is 2.67. The van der Waals surface area contributed by atoms with Crippen molar-refractivity contribution in [1.82, 2.24) is 9.88 Å². The minimum absolute atomic E-state index is 0.0946. The second kappa shape index (κ2) is 5.95. The number of aromatic amines is 1. The summed E-state index contributed by atoms with van der Waals surface area (Å²) < 4.78 is 13.4. The first-order valence-corrected chi connectivity index (χ1v) is 9.34. The van der Waals surface area contributed by atoms with E-state index < -0.39 is 5.41 Å². The van der Waals surface area contributed by atoms with Gasteiger partial charge >= 0.3 is 0 Å². The molecule has 0 bridgehead atoms. The normalized spacial score (nSPS) is 20.6. The van der Waals surface area contributed by atoms with Crippen LogP contribution in [0.4, 0.5) is 4.39 Å². The molecule has 0 saturated heterocycles. The number of aromatic nitrogens is 1. The van der Waals surface area contributed by atoms with Crippen molar-refractivity contribution in [1.29, 1.82) is 0 Å². The van der Waals surface area contributed by atoms with E-state index in [0.29, 0.717) is 6.54 Å². The molecule has 1 aromatic heterocycles. The fraction of sp³-hybridized carbons (Fsp3) is 0.348. The highest BCUT2D eigenvalue weighted by atomic mass is 19.1. The molecule has 2 aromatic carbocycles. The van der Waals surface area contributed by atoms with Gasteiger partial charge in [-0.15, -0.1) is 0 Å². The fourth-order valence-corrected chi connectivity index (χ4v) is 4.47. The Morgan fingerprint density at radius 3 is 2.37 bits per heavy atom. The van der Waals surface area contributed by atoms with Gasteiger partial charge in [-0.3, -0.25) is 4.79 Å². The van der Waals surface area contributed by atoms with E-state index in [-0.39, 0.29) is 17.1 Å². The highest BCUT2D eigenvalue weighted by molar-refractivity contribution is 5.93. The van der Waals surface area contributed by atoms with Gasteiger partial charge in [0, 0.05) is 23.6 Å². The van der Waals surface area contributed by atoms with Crippen LogP contribution in [0.25, 0.3) is 10.9 Å². The van der Waals surface area contributed by atoms with Gasteiger partial charge in [-0.1, -0.05) is 44.2 Å². The quantitative estimate of drug-likeness (QED) is 0.699. The van der Waals surface area contributed by atoms with Crippen molar-refractivity contribution in [3.63, 3.8) is 0 Å². The summed E-state index contributed by atoms with van der Waals surface area (Å²) in [6, 6.07) is 14.6. The second-order valence-corrected chi connectivity index (χ2v) is 8.41. The lowest BCUT2D eigenvalue weighted by molar-refractivity contribution is -0.134. The van der Waals surface area contributed by atoms with Crippen LogP contribution in [-0.4, -0.2) is 22.8 Å². The summed E-state index contributed by atoms with van der Waals surface area (Å²) in [5.41, 5.74) is 3.52. The van der Waals surface area contributed by atoms with Gasteiger partial charge in [0.05, 0.1) is 12.0 Å². The molecule has 140 valence electrons. The number of rotatable bonds is 4. The Morgan fingerprint density at radius 1 is 1.15 bits per heavy atom. The van der Waals surface area contributed by atoms with Crippen LogP contribution >= 0.6 is 0 Å². The zero-order valence-corrected chi connectivity index (χ0v) is 16.3. The number of para-hydroxylation sites is 1. The number of carbonyl (C=O) groups excluding carboxylic acids is 1. The second-order valence-electron chi connectivity index (χ2n) is 8.41. The van der Waals surface area contributed by atoms with Gasteiger partial charge < -0.3 is 9.88 Å². The number of fused-ring (bicyclic) bond motifs is 1. The topological polar surface area (TPSA) is 36.1 Å². The summed E-state index contributed by atoms with van der Waals surface area (Å²) in [7, 11) is 1.85. The Morgan fingerprint density at radius 2 is 1.78 bits per heavy atom. The van der Waals surface area contributed by atoms with E-state index in [9.17, 15) is 9.18 Å². The van der Waals surface area contributed by atoms with Crippen molar-refractivity contribution in [3.8, 4) is 0 Å². The van der Waals surface area contributed by atoms with Crippen LogP contribution < -0.4 is 0 Å². The van der Waals surface area contributed by atoms with Gasteiger partial charge in [-0.25, -0.2) is 4.39 Å². The van der Waals surface area contributed by atoms with E-state index in [2.05, 4.69) is 37.9 Å². The molecule has 1 unspecified atom stereocenters. The zero-order valence-electron chi connectivity index (χ0n) is 16.3. The van der Waals surface area contributed by atoms with Crippen molar-refractivity contribution in [2.75, 3.05) is 7.05 Å². The minimum Gasteiger partial charge on any atom is -0.357 e. The fourth-order valence-electron chi connectivity index (χ4n) is 4.47. The van der Waals surface area contributed by atoms with Crippen LogP contribution in [0.5, 0.6) is 0 Å². The number of H-pyrrole nitrogens is 1. The first-order valence-electron chi connectivity index (χ1n) is 9.34. The van der Waals surface area contributed by atoms with Gasteiger partial charge in [-0.05, 0) is 48.1 Å². The molecule has 1 heterocycles. The molecule has 1 saturated carbocycles. The molecule has 1 fully saturated rings. The third kappa shape index (κ3) is 2.66. The van der Waals surface area contributed by atoms with Crippen molar-refractivity contribution in [2.45, 2.75) is 39.2 Å². The van der Waals surface area contributed by atoms with E-state index in [1.165, 1.54) is 23.1 Å². The van der Waals surface area contributed by atoms with Crippen LogP contribution in [-0.2, 0) is 16.8 Å². The summed E-state index contributed by atoms with van der Waals surface area (Å²) in [6.07, 6.45) is 0.778. The monoisotopic (exact) mass is 364 g/mol. The third-order valence-electron chi connectivity index (χ3n) is 6.25. The Labute approximate surface area is 159 Å². The molecule has 3 aromatic rings. The summed E-state index contributed by atoms with van der Waals surface area (Å²) >= 11 is 0. The van der Waals surface area contributed by atoms with E-state index in [4.69, 9.17) is 0 Å². The Bertz CT molecular complexity index is 1020. The number of halogens is 1. The van der Waals surface area contributed by atoms with Crippen molar-refractivity contribution >= 4 is 16.8 Å². The molecule has 0 radical (unpaired) electrons. The lowest BCUT2D eigenvalue weighted by Crippen LogP contribution is -2.39. The van der Waals surface area contributed by atoms with Gasteiger partial charge in [0.15, 0.2) is 0 Å². The van der Waals surface area contributed by atoms with E-state index >= 15 is 0 Å². The molecule has 1 aliphatic carbocycles. The zero-order chi connectivity index (χ0) is 19.4. The number of nitrogens with one attached hydrogen (secondary N) is 1. The van der Waals surface area contributed by atoms with Gasteiger partial charge in [0.2, 0.25) is 5.91 Å². The van der Waals surface area contributed by atoms with Crippen LogP contribution in [0, 0.1) is 18.2 Å². The highest BCUT2D eigenvalue weighted by Crippen LogP contribution is 2.65. The predicted octanol–water partition coefficient (Wildman–Crippen LogP) is 4.94. The average Bonchev–Trinajstić information content (AvgIpc) is 3.10. The smallest absolute Gasteiger partial charge is 0.233 e. The lowest BCUT2D eigenvalue weighted by Gasteiger charge is -2.27. The molecule has 4 rings (SSSR count). The maximum atomic E-state index is 13.5. The van der Waals surface area contributed by atoms with Crippen molar-refractivity contribution in [3.05, 3.63) is 71.2 Å². The van der Waals surface area contributed by atoms with E-state index in [0.717, 1.165) is 23.2 Å². The Hall–Kier alpha value is -2.62. The molecule has 27 heavy (non-hydrogen) atoms. The number of hydrogen-bond donors (Lipinski definition) is 1. The molecule has 1 N–H and O–H groups in total. The lowest BCUT2D eigenvalue weighted by atomic mass is 9.86. The number of benzene rings is 2. The molecular formula is C23H25FN2O. The number of likely N-dealkylation sites (N-methyl/N-ethyl adjacent to an activating group) is 1. The number of amides is 1. The summed E-state index contributed by atoms with van der Waals surface area (Å²) in [5.74, 6) is -0.181. The first kappa shape index (κ1) is 17.8. The van der Waals surface area contributed by atoms with Crippen LogP contribution in [0.1, 0.15) is 37.1 Å². The molecule has 0 aliphatic heterocycles. The average molecular weight is 364 g/mol. The number of aryl methyl sites for hydroxylation is 1. The largest absolute Gasteiger partial charge is 0.357 e.